The van der Waals surface area contributed by atoms with Crippen LogP contribution in [0.2, 0.25) is 0 Å². The molecule has 1 unspecified atom stereocenters. The summed E-state index contributed by atoms with van der Waals surface area (Å²) in [5.41, 5.74) is 4.37. The first-order valence-corrected chi connectivity index (χ1v) is 6.20. The van der Waals surface area contributed by atoms with E-state index in [9.17, 15) is 4.79 Å². The molecule has 0 radical (unpaired) electrons. The predicted molar refractivity (Wildman–Crippen MR) is 65.4 cm³/mol. The van der Waals surface area contributed by atoms with Gasteiger partial charge in [0.05, 0.1) is 24.7 Å². The maximum atomic E-state index is 11.7. The molecule has 0 heterocycles. The number of esters is 1. The molecule has 0 aliphatic heterocycles. The van der Waals surface area contributed by atoms with Crippen molar-refractivity contribution in [2.24, 2.45) is 11.7 Å². The Bertz CT molecular complexity index is 217. The Balaban J connectivity index is 4.13. The molecule has 0 aromatic rings. The summed E-state index contributed by atoms with van der Waals surface area (Å²) in [7, 11) is 0. The lowest BCUT2D eigenvalue weighted by Crippen LogP contribution is -2.52. The standard InChI is InChI=1S/C12H25NO4/c1-3-5-6-10(4-2)11(16)17-9-12(13,7-14)8-15/h10,14-15H,3-9,13H2,1-2H3. The summed E-state index contributed by atoms with van der Waals surface area (Å²) >= 11 is 0. The van der Waals surface area contributed by atoms with Gasteiger partial charge in [-0.25, -0.2) is 0 Å². The number of hydrogen-bond donors (Lipinski definition) is 3. The molecule has 0 rings (SSSR count). The molecule has 0 aromatic carbocycles. The maximum absolute atomic E-state index is 11.7. The molecule has 0 aliphatic carbocycles. The van der Waals surface area contributed by atoms with Crippen molar-refractivity contribution >= 4 is 5.97 Å². The van der Waals surface area contributed by atoms with Crippen molar-refractivity contribution in [2.75, 3.05) is 19.8 Å². The maximum Gasteiger partial charge on any atom is 0.308 e. The molecule has 0 fully saturated rings. The molecule has 4 N–H and O–H groups in total. The number of carbonyl (C=O) groups excluding carboxylic acids is 1. The van der Waals surface area contributed by atoms with Crippen LogP contribution < -0.4 is 5.73 Å². The number of aliphatic hydroxyl groups excluding tert-OH is 2. The van der Waals surface area contributed by atoms with Crippen molar-refractivity contribution in [1.29, 1.82) is 0 Å². The zero-order chi connectivity index (χ0) is 13.3. The van der Waals surface area contributed by atoms with Crippen LogP contribution in [0, 0.1) is 5.92 Å². The third-order valence-corrected chi connectivity index (χ3v) is 2.86. The monoisotopic (exact) mass is 247 g/mol. The van der Waals surface area contributed by atoms with E-state index in [1.165, 1.54) is 0 Å². The summed E-state index contributed by atoms with van der Waals surface area (Å²) in [5.74, 6) is -0.408. The Labute approximate surface area is 103 Å². The molecule has 0 spiro atoms. The zero-order valence-electron chi connectivity index (χ0n) is 10.8. The largest absolute Gasteiger partial charge is 0.463 e. The number of rotatable bonds is 9. The van der Waals surface area contributed by atoms with Crippen molar-refractivity contribution in [2.45, 2.75) is 45.1 Å². The van der Waals surface area contributed by atoms with E-state index in [-0.39, 0.29) is 18.5 Å². The fourth-order valence-electron chi connectivity index (χ4n) is 1.41. The van der Waals surface area contributed by atoms with Gasteiger partial charge in [0.15, 0.2) is 0 Å². The normalized spacial score (nSPS) is 13.5. The summed E-state index contributed by atoms with van der Waals surface area (Å²) in [6.07, 6.45) is 3.57. The highest BCUT2D eigenvalue weighted by atomic mass is 16.5. The quantitative estimate of drug-likeness (QED) is 0.514. The van der Waals surface area contributed by atoms with Gasteiger partial charge in [-0.15, -0.1) is 0 Å². The minimum atomic E-state index is -1.24. The fourth-order valence-corrected chi connectivity index (χ4v) is 1.41. The summed E-state index contributed by atoms with van der Waals surface area (Å²) < 4.78 is 5.06. The molecule has 102 valence electrons. The predicted octanol–water partition coefficient (Wildman–Crippen LogP) is 0.428. The Morgan fingerprint density at radius 3 is 2.35 bits per heavy atom. The van der Waals surface area contributed by atoms with Crippen LogP contribution in [0.25, 0.3) is 0 Å². The van der Waals surface area contributed by atoms with Crippen LogP contribution in [0.4, 0.5) is 0 Å². The van der Waals surface area contributed by atoms with Gasteiger partial charge in [-0.2, -0.15) is 0 Å². The van der Waals surface area contributed by atoms with Gasteiger partial charge >= 0.3 is 5.97 Å². The van der Waals surface area contributed by atoms with Crippen LogP contribution >= 0.6 is 0 Å². The van der Waals surface area contributed by atoms with Gasteiger partial charge in [-0.3, -0.25) is 4.79 Å². The van der Waals surface area contributed by atoms with Crippen molar-refractivity contribution in [3.8, 4) is 0 Å². The van der Waals surface area contributed by atoms with Gasteiger partial charge < -0.3 is 20.7 Å². The molecular formula is C12H25NO4. The van der Waals surface area contributed by atoms with E-state index in [0.717, 1.165) is 25.7 Å². The van der Waals surface area contributed by atoms with E-state index < -0.39 is 18.8 Å². The number of unbranched alkanes of at least 4 members (excludes halogenated alkanes) is 1. The molecule has 1 atom stereocenters. The van der Waals surface area contributed by atoms with Crippen LogP contribution in [0.15, 0.2) is 0 Å². The molecule has 0 saturated carbocycles. The first-order chi connectivity index (χ1) is 8.02. The molecule has 0 amide bonds. The first-order valence-electron chi connectivity index (χ1n) is 6.20. The van der Waals surface area contributed by atoms with Crippen molar-refractivity contribution in [1.82, 2.24) is 0 Å². The fraction of sp³-hybridized carbons (Fsp3) is 0.917. The van der Waals surface area contributed by atoms with Crippen LogP contribution in [0.1, 0.15) is 39.5 Å². The van der Waals surface area contributed by atoms with Crippen LogP contribution in [-0.4, -0.2) is 41.5 Å². The summed E-state index contributed by atoms with van der Waals surface area (Å²) in [6, 6.07) is 0. The number of nitrogens with two attached hydrogens (primary N) is 1. The Kier molecular flexibility index (Phi) is 8.12. The highest BCUT2D eigenvalue weighted by molar-refractivity contribution is 5.72. The second-order valence-corrected chi connectivity index (χ2v) is 4.53. The van der Waals surface area contributed by atoms with Crippen LogP contribution in [0.3, 0.4) is 0 Å². The molecule has 5 heteroatoms. The highest BCUT2D eigenvalue weighted by Gasteiger charge is 2.27. The highest BCUT2D eigenvalue weighted by Crippen LogP contribution is 2.15. The summed E-state index contributed by atoms with van der Waals surface area (Å²) in [4.78, 5) is 11.7. The lowest BCUT2D eigenvalue weighted by atomic mass is 9.99. The average Bonchev–Trinajstić information content (AvgIpc) is 2.36. The topological polar surface area (TPSA) is 92.8 Å². The number of aliphatic hydroxyl groups is 2. The Morgan fingerprint density at radius 2 is 1.94 bits per heavy atom. The van der Waals surface area contributed by atoms with Gasteiger partial charge in [0.1, 0.15) is 6.61 Å². The van der Waals surface area contributed by atoms with Gasteiger partial charge in [0.25, 0.3) is 0 Å². The molecule has 0 saturated heterocycles. The molecular weight excluding hydrogens is 222 g/mol. The SMILES string of the molecule is CCCCC(CC)C(=O)OCC(N)(CO)CO. The van der Waals surface area contributed by atoms with Gasteiger partial charge in [0, 0.05) is 0 Å². The number of hydrogen-bond acceptors (Lipinski definition) is 5. The third-order valence-electron chi connectivity index (χ3n) is 2.86. The minimum Gasteiger partial charge on any atom is -0.463 e. The van der Waals surface area contributed by atoms with Crippen molar-refractivity contribution in [3.05, 3.63) is 0 Å². The molecule has 0 aromatic heterocycles. The molecule has 17 heavy (non-hydrogen) atoms. The number of carbonyl (C=O) groups is 1. The van der Waals surface area contributed by atoms with E-state index in [1.54, 1.807) is 0 Å². The zero-order valence-corrected chi connectivity index (χ0v) is 10.8. The summed E-state index contributed by atoms with van der Waals surface area (Å²) in [6.45, 7) is 3.03. The van der Waals surface area contributed by atoms with Crippen LogP contribution in [0.5, 0.6) is 0 Å². The van der Waals surface area contributed by atoms with Gasteiger partial charge in [-0.05, 0) is 12.8 Å². The average molecular weight is 247 g/mol. The minimum absolute atomic E-state index is 0.114. The first kappa shape index (κ1) is 16.4. The Hall–Kier alpha value is -0.650. The molecule has 0 aliphatic rings. The Morgan fingerprint density at radius 1 is 1.35 bits per heavy atom. The van der Waals surface area contributed by atoms with Gasteiger partial charge in [0.2, 0.25) is 0 Å². The third kappa shape index (κ3) is 6.00. The lowest BCUT2D eigenvalue weighted by Gasteiger charge is -2.25. The molecule has 5 nitrogen and oxygen atoms in total. The van der Waals surface area contributed by atoms with E-state index in [1.807, 2.05) is 6.92 Å². The lowest BCUT2D eigenvalue weighted by molar-refractivity contribution is -0.152. The van der Waals surface area contributed by atoms with Gasteiger partial charge in [-0.1, -0.05) is 26.7 Å². The second kappa shape index (κ2) is 8.44. The van der Waals surface area contributed by atoms with Crippen molar-refractivity contribution < 1.29 is 19.7 Å². The van der Waals surface area contributed by atoms with Crippen molar-refractivity contribution in [3.63, 3.8) is 0 Å². The van der Waals surface area contributed by atoms with Crippen LogP contribution in [-0.2, 0) is 9.53 Å². The number of ether oxygens (including phenoxy) is 1. The van der Waals surface area contributed by atoms with E-state index >= 15 is 0 Å². The molecule has 0 bridgehead atoms. The second-order valence-electron chi connectivity index (χ2n) is 4.53. The summed E-state index contributed by atoms with van der Waals surface area (Å²) in [5, 5.41) is 17.9. The van der Waals surface area contributed by atoms with E-state index in [4.69, 9.17) is 20.7 Å². The van der Waals surface area contributed by atoms with E-state index in [2.05, 4.69) is 6.92 Å². The smallest absolute Gasteiger partial charge is 0.308 e. The van der Waals surface area contributed by atoms with E-state index in [0.29, 0.717) is 0 Å².